The molecule has 1 aromatic carbocycles. The molecule has 0 aliphatic heterocycles. The highest BCUT2D eigenvalue weighted by atomic mass is 19.1. The van der Waals surface area contributed by atoms with Crippen molar-refractivity contribution in [3.63, 3.8) is 0 Å². The van der Waals surface area contributed by atoms with E-state index in [1.807, 2.05) is 6.07 Å². The first-order valence-corrected chi connectivity index (χ1v) is 4.45. The number of carbonyl (C=O) groups excluding carboxylic acids is 1. The van der Waals surface area contributed by atoms with E-state index in [9.17, 15) is 9.18 Å². The van der Waals surface area contributed by atoms with E-state index in [0.29, 0.717) is 17.5 Å². The van der Waals surface area contributed by atoms with Crippen LogP contribution in [0.3, 0.4) is 0 Å². The van der Waals surface area contributed by atoms with Crippen LogP contribution in [0.15, 0.2) is 18.2 Å². The van der Waals surface area contributed by atoms with Crippen molar-refractivity contribution in [2.24, 2.45) is 0 Å². The Labute approximate surface area is 87.1 Å². The monoisotopic (exact) mass is 207 g/mol. The van der Waals surface area contributed by atoms with Gasteiger partial charge in [0.05, 0.1) is 18.2 Å². The smallest absolute Gasteiger partial charge is 0.302 e. The van der Waals surface area contributed by atoms with Gasteiger partial charge in [0.25, 0.3) is 0 Å². The fourth-order valence-electron chi connectivity index (χ4n) is 1.18. The number of hydrogen-bond acceptors (Lipinski definition) is 3. The first kappa shape index (κ1) is 11.2. The van der Waals surface area contributed by atoms with Gasteiger partial charge in [-0.2, -0.15) is 5.26 Å². The highest BCUT2D eigenvalue weighted by Crippen LogP contribution is 2.11. The zero-order chi connectivity index (χ0) is 11.3. The van der Waals surface area contributed by atoms with Crippen LogP contribution < -0.4 is 0 Å². The lowest BCUT2D eigenvalue weighted by atomic mass is 10.1. The van der Waals surface area contributed by atoms with Gasteiger partial charge in [0.15, 0.2) is 0 Å². The summed E-state index contributed by atoms with van der Waals surface area (Å²) in [6, 6.07) is 5.88. The van der Waals surface area contributed by atoms with Crippen molar-refractivity contribution in [2.75, 3.05) is 6.61 Å². The summed E-state index contributed by atoms with van der Waals surface area (Å²) in [6.45, 7) is 1.46. The summed E-state index contributed by atoms with van der Waals surface area (Å²) in [5.74, 6) is -0.781. The van der Waals surface area contributed by atoms with E-state index < -0.39 is 5.82 Å². The largest absolute Gasteiger partial charge is 0.466 e. The number of benzene rings is 1. The topological polar surface area (TPSA) is 50.1 Å². The third kappa shape index (κ3) is 3.39. The van der Waals surface area contributed by atoms with Gasteiger partial charge >= 0.3 is 5.97 Å². The maximum Gasteiger partial charge on any atom is 0.302 e. The van der Waals surface area contributed by atoms with Gasteiger partial charge in [-0.3, -0.25) is 4.79 Å². The summed E-state index contributed by atoms with van der Waals surface area (Å²) in [5, 5.41) is 8.74. The fraction of sp³-hybridized carbons (Fsp3) is 0.273. The molecular formula is C11H10FNO2. The first-order valence-electron chi connectivity index (χ1n) is 4.45. The van der Waals surface area contributed by atoms with Crippen molar-refractivity contribution in [1.29, 1.82) is 5.26 Å². The van der Waals surface area contributed by atoms with Crippen LogP contribution in [0, 0.1) is 17.1 Å². The molecule has 0 radical (unpaired) electrons. The van der Waals surface area contributed by atoms with Crippen molar-refractivity contribution >= 4 is 5.97 Å². The molecule has 0 amide bonds. The van der Waals surface area contributed by atoms with Crippen molar-refractivity contribution in [1.82, 2.24) is 0 Å². The molecule has 0 atom stereocenters. The second-order valence-corrected chi connectivity index (χ2v) is 3.00. The lowest BCUT2D eigenvalue weighted by molar-refractivity contribution is -0.140. The molecule has 0 saturated heterocycles. The number of rotatable bonds is 3. The van der Waals surface area contributed by atoms with Gasteiger partial charge in [0, 0.05) is 13.3 Å². The number of ether oxygens (including phenoxy) is 1. The number of carbonyl (C=O) groups is 1. The molecule has 0 saturated carbocycles. The number of hydrogen-bond donors (Lipinski definition) is 0. The van der Waals surface area contributed by atoms with Gasteiger partial charge in [-0.25, -0.2) is 4.39 Å². The third-order valence-electron chi connectivity index (χ3n) is 1.86. The molecule has 0 N–H and O–H groups in total. The molecule has 0 spiro atoms. The van der Waals surface area contributed by atoms with E-state index >= 15 is 0 Å². The molecule has 0 bridgehead atoms. The lowest BCUT2D eigenvalue weighted by Gasteiger charge is -2.04. The van der Waals surface area contributed by atoms with E-state index in [0.717, 1.165) is 0 Å². The molecule has 4 heteroatoms. The summed E-state index contributed by atoms with van der Waals surface area (Å²) in [5.41, 5.74) is 0.960. The highest BCUT2D eigenvalue weighted by Gasteiger charge is 2.04. The molecule has 3 nitrogen and oxygen atoms in total. The molecule has 78 valence electrons. The van der Waals surface area contributed by atoms with Crippen LogP contribution in [0.2, 0.25) is 0 Å². The Morgan fingerprint density at radius 1 is 1.60 bits per heavy atom. The minimum Gasteiger partial charge on any atom is -0.466 e. The van der Waals surface area contributed by atoms with Gasteiger partial charge in [-0.1, -0.05) is 0 Å². The molecule has 0 aliphatic rings. The third-order valence-corrected chi connectivity index (χ3v) is 1.86. The molecule has 15 heavy (non-hydrogen) atoms. The van der Waals surface area contributed by atoms with Crippen molar-refractivity contribution in [3.05, 3.63) is 35.1 Å². The molecule has 0 aromatic heterocycles. The first-order chi connectivity index (χ1) is 7.13. The summed E-state index contributed by atoms with van der Waals surface area (Å²) in [7, 11) is 0. The Bertz CT molecular complexity index is 410. The predicted molar refractivity (Wildman–Crippen MR) is 51.5 cm³/mol. The van der Waals surface area contributed by atoms with Gasteiger partial charge in [-0.15, -0.1) is 0 Å². The van der Waals surface area contributed by atoms with Crippen LogP contribution in [0.4, 0.5) is 4.39 Å². The van der Waals surface area contributed by atoms with Crippen LogP contribution in [-0.2, 0) is 16.0 Å². The highest BCUT2D eigenvalue weighted by molar-refractivity contribution is 5.65. The molecule has 0 fully saturated rings. The Kier molecular flexibility index (Phi) is 3.81. The Morgan fingerprint density at radius 2 is 2.33 bits per heavy atom. The van der Waals surface area contributed by atoms with Crippen molar-refractivity contribution in [2.45, 2.75) is 13.3 Å². The van der Waals surface area contributed by atoms with E-state index in [2.05, 4.69) is 0 Å². The quantitative estimate of drug-likeness (QED) is 0.710. The average molecular weight is 207 g/mol. The van der Waals surface area contributed by atoms with E-state index in [-0.39, 0.29) is 12.6 Å². The van der Waals surface area contributed by atoms with Crippen LogP contribution in [-0.4, -0.2) is 12.6 Å². The summed E-state index contributed by atoms with van der Waals surface area (Å²) >= 11 is 0. The van der Waals surface area contributed by atoms with Crippen molar-refractivity contribution in [3.8, 4) is 6.07 Å². The number of nitrogens with zero attached hydrogens (tertiary/aromatic N) is 1. The predicted octanol–water partition coefficient (Wildman–Crippen LogP) is 1.80. The molecule has 1 rings (SSSR count). The molecular weight excluding hydrogens is 197 g/mol. The van der Waals surface area contributed by atoms with Crippen LogP contribution in [0.25, 0.3) is 0 Å². The number of esters is 1. The molecule has 0 heterocycles. The summed E-state index contributed by atoms with van der Waals surface area (Å²) in [6.07, 6.45) is 0.347. The number of halogens is 1. The van der Waals surface area contributed by atoms with Crippen LogP contribution >= 0.6 is 0 Å². The lowest BCUT2D eigenvalue weighted by Crippen LogP contribution is -2.04. The van der Waals surface area contributed by atoms with E-state index in [1.54, 1.807) is 0 Å². The van der Waals surface area contributed by atoms with Gasteiger partial charge in [-0.05, 0) is 23.8 Å². The maximum atomic E-state index is 12.9. The second-order valence-electron chi connectivity index (χ2n) is 3.00. The Balaban J connectivity index is 2.71. The van der Waals surface area contributed by atoms with Crippen molar-refractivity contribution < 1.29 is 13.9 Å². The van der Waals surface area contributed by atoms with Crippen LogP contribution in [0.5, 0.6) is 0 Å². The van der Waals surface area contributed by atoms with Crippen LogP contribution in [0.1, 0.15) is 18.1 Å². The SMILES string of the molecule is CC(=O)OCCc1cc(F)ccc1C#N. The minimum atomic E-state index is -0.396. The zero-order valence-electron chi connectivity index (χ0n) is 8.29. The Morgan fingerprint density at radius 3 is 2.93 bits per heavy atom. The molecule has 0 unspecified atom stereocenters. The average Bonchev–Trinajstić information content (AvgIpc) is 2.17. The molecule has 1 aromatic rings. The number of nitriles is 1. The standard InChI is InChI=1S/C11H10FNO2/c1-8(14)15-5-4-9-6-11(12)3-2-10(9)7-13/h2-3,6H,4-5H2,1H3. The Hall–Kier alpha value is -1.89. The summed E-state index contributed by atoms with van der Waals surface area (Å²) < 4.78 is 17.6. The summed E-state index contributed by atoms with van der Waals surface area (Å²) in [4.78, 5) is 10.5. The van der Waals surface area contributed by atoms with Gasteiger partial charge in [0.2, 0.25) is 0 Å². The maximum absolute atomic E-state index is 12.9. The minimum absolute atomic E-state index is 0.160. The molecule has 0 aliphatic carbocycles. The van der Waals surface area contributed by atoms with E-state index in [1.165, 1.54) is 25.1 Å². The normalized spacial score (nSPS) is 9.40. The van der Waals surface area contributed by atoms with Gasteiger partial charge < -0.3 is 4.74 Å². The fourth-order valence-corrected chi connectivity index (χ4v) is 1.18. The van der Waals surface area contributed by atoms with Gasteiger partial charge in [0.1, 0.15) is 5.82 Å². The van der Waals surface area contributed by atoms with E-state index in [4.69, 9.17) is 10.00 Å². The second kappa shape index (κ2) is 5.11. The zero-order valence-corrected chi connectivity index (χ0v) is 8.29.